The quantitative estimate of drug-likeness (QED) is 0.587. The molecule has 0 bridgehead atoms. The van der Waals surface area contributed by atoms with Gasteiger partial charge in [-0.25, -0.2) is 4.79 Å². The normalized spacial score (nSPS) is 13.3. The van der Waals surface area contributed by atoms with Gasteiger partial charge in [0.1, 0.15) is 12.7 Å². The van der Waals surface area contributed by atoms with Crippen molar-refractivity contribution >= 4 is 17.8 Å². The van der Waals surface area contributed by atoms with Crippen LogP contribution < -0.4 is 10.6 Å². The third kappa shape index (κ3) is 9.01. The Bertz CT molecular complexity index is 319. The number of carbonyl (C=O) groups excluding carboxylic acids is 3. The highest BCUT2D eigenvalue weighted by molar-refractivity contribution is 5.77. The summed E-state index contributed by atoms with van der Waals surface area (Å²) in [5, 5.41) is 4.91. The van der Waals surface area contributed by atoms with Crippen molar-refractivity contribution in [1.82, 2.24) is 10.6 Å². The Hall–Kier alpha value is -1.63. The van der Waals surface area contributed by atoms with Crippen LogP contribution in [0.2, 0.25) is 0 Å². The molecule has 0 aromatic carbocycles. The van der Waals surface area contributed by atoms with Crippen LogP contribution >= 0.6 is 0 Å². The highest BCUT2D eigenvalue weighted by atomic mass is 16.6. The lowest BCUT2D eigenvalue weighted by atomic mass is 10.2. The molecule has 0 saturated heterocycles. The first-order valence-electron chi connectivity index (χ1n) is 6.11. The molecule has 0 saturated carbocycles. The van der Waals surface area contributed by atoms with Crippen LogP contribution in [0.15, 0.2) is 0 Å². The predicted molar refractivity (Wildman–Crippen MR) is 68.3 cm³/mol. The van der Waals surface area contributed by atoms with Gasteiger partial charge in [-0.15, -0.1) is 0 Å². The molecule has 0 aliphatic rings. The third-order valence-corrected chi connectivity index (χ3v) is 2.32. The van der Waals surface area contributed by atoms with Crippen LogP contribution in [0.5, 0.6) is 0 Å². The molecule has 0 aromatic rings. The molecule has 2 unspecified atom stereocenters. The molecule has 0 aliphatic heterocycles. The Balaban J connectivity index is 3.86. The number of hydrogen-bond acceptors (Lipinski definition) is 5. The van der Waals surface area contributed by atoms with Crippen LogP contribution in [0, 0.1) is 0 Å². The second-order valence-electron chi connectivity index (χ2n) is 4.18. The number of amides is 2. The summed E-state index contributed by atoms with van der Waals surface area (Å²) < 4.78 is 10.2. The Labute approximate surface area is 113 Å². The van der Waals surface area contributed by atoms with Gasteiger partial charge < -0.3 is 20.1 Å². The summed E-state index contributed by atoms with van der Waals surface area (Å²) in [4.78, 5) is 33.5. The monoisotopic (exact) mass is 274 g/mol. The van der Waals surface area contributed by atoms with Gasteiger partial charge in [0.05, 0.1) is 18.9 Å². The molecule has 7 nitrogen and oxygen atoms in total. The van der Waals surface area contributed by atoms with Crippen LogP contribution in [0.4, 0.5) is 0 Å². The molecular weight excluding hydrogens is 252 g/mol. The van der Waals surface area contributed by atoms with Crippen LogP contribution in [-0.2, 0) is 23.9 Å². The SMILES string of the molecule is CNC(=O)CC(C)OCC(=O)OC(C)CC(=O)NC. The minimum absolute atomic E-state index is 0.107. The zero-order valence-electron chi connectivity index (χ0n) is 11.8. The van der Waals surface area contributed by atoms with E-state index in [9.17, 15) is 14.4 Å². The molecule has 110 valence electrons. The molecule has 2 amide bonds. The Morgan fingerprint density at radius 3 is 1.89 bits per heavy atom. The van der Waals surface area contributed by atoms with Crippen molar-refractivity contribution in [3.8, 4) is 0 Å². The average molecular weight is 274 g/mol. The Morgan fingerprint density at radius 2 is 1.42 bits per heavy atom. The summed E-state index contributed by atoms with van der Waals surface area (Å²) in [6, 6.07) is 0. The number of rotatable bonds is 8. The highest BCUT2D eigenvalue weighted by Crippen LogP contribution is 2.01. The van der Waals surface area contributed by atoms with E-state index in [2.05, 4.69) is 10.6 Å². The molecule has 0 radical (unpaired) electrons. The molecular formula is C12H22N2O5. The maximum Gasteiger partial charge on any atom is 0.332 e. The summed E-state index contributed by atoms with van der Waals surface area (Å²) in [5.74, 6) is -0.914. The maximum atomic E-state index is 11.4. The minimum Gasteiger partial charge on any atom is -0.460 e. The largest absolute Gasteiger partial charge is 0.460 e. The number of carbonyl (C=O) groups is 3. The fraction of sp³-hybridized carbons (Fsp3) is 0.750. The van der Waals surface area contributed by atoms with E-state index in [0.29, 0.717) is 0 Å². The van der Waals surface area contributed by atoms with Gasteiger partial charge in [0.15, 0.2) is 0 Å². The number of esters is 1. The molecule has 0 aromatic heterocycles. The lowest BCUT2D eigenvalue weighted by Gasteiger charge is -2.14. The molecule has 0 heterocycles. The molecule has 2 atom stereocenters. The van der Waals surface area contributed by atoms with Crippen LogP contribution in [0.25, 0.3) is 0 Å². The van der Waals surface area contributed by atoms with E-state index in [-0.39, 0.29) is 37.4 Å². The molecule has 2 N–H and O–H groups in total. The first kappa shape index (κ1) is 17.4. The molecule has 0 aliphatic carbocycles. The van der Waals surface area contributed by atoms with E-state index in [0.717, 1.165) is 0 Å². The van der Waals surface area contributed by atoms with Crippen molar-refractivity contribution in [2.45, 2.75) is 38.9 Å². The van der Waals surface area contributed by atoms with Crippen molar-refractivity contribution < 1.29 is 23.9 Å². The van der Waals surface area contributed by atoms with Crippen LogP contribution in [0.1, 0.15) is 26.7 Å². The van der Waals surface area contributed by atoms with Gasteiger partial charge in [0.25, 0.3) is 0 Å². The van der Waals surface area contributed by atoms with Gasteiger partial charge in [-0.1, -0.05) is 0 Å². The Morgan fingerprint density at radius 1 is 0.947 bits per heavy atom. The van der Waals surface area contributed by atoms with Crippen molar-refractivity contribution in [1.29, 1.82) is 0 Å². The van der Waals surface area contributed by atoms with Gasteiger partial charge in [0, 0.05) is 14.1 Å². The van der Waals surface area contributed by atoms with E-state index in [1.54, 1.807) is 13.8 Å². The highest BCUT2D eigenvalue weighted by Gasteiger charge is 2.15. The van der Waals surface area contributed by atoms with Gasteiger partial charge in [-0.05, 0) is 13.8 Å². The van der Waals surface area contributed by atoms with E-state index < -0.39 is 12.1 Å². The first-order valence-corrected chi connectivity index (χ1v) is 6.11. The van der Waals surface area contributed by atoms with E-state index in [1.807, 2.05) is 0 Å². The summed E-state index contributed by atoms with van der Waals surface area (Å²) in [6.07, 6.45) is -0.597. The Kier molecular flexibility index (Phi) is 8.52. The molecule has 0 spiro atoms. The lowest BCUT2D eigenvalue weighted by molar-refractivity contribution is -0.157. The minimum atomic E-state index is -0.555. The smallest absolute Gasteiger partial charge is 0.332 e. The standard InChI is InChI=1S/C12H22N2O5/c1-8(5-10(15)13-3)18-7-12(17)19-9(2)6-11(16)14-4/h8-9H,5-7H2,1-4H3,(H,13,15)(H,14,16). The molecule has 19 heavy (non-hydrogen) atoms. The molecule has 0 rings (SSSR count). The predicted octanol–water partition coefficient (Wildman–Crippen LogP) is -0.405. The van der Waals surface area contributed by atoms with Gasteiger partial charge in [0.2, 0.25) is 11.8 Å². The van der Waals surface area contributed by atoms with E-state index in [1.165, 1.54) is 14.1 Å². The topological polar surface area (TPSA) is 93.7 Å². The second-order valence-corrected chi connectivity index (χ2v) is 4.18. The lowest BCUT2D eigenvalue weighted by Crippen LogP contribution is -2.29. The zero-order valence-corrected chi connectivity index (χ0v) is 11.8. The third-order valence-electron chi connectivity index (χ3n) is 2.32. The average Bonchev–Trinajstić information content (AvgIpc) is 2.35. The fourth-order valence-electron chi connectivity index (χ4n) is 1.30. The number of ether oxygens (including phenoxy) is 2. The maximum absolute atomic E-state index is 11.4. The van der Waals surface area contributed by atoms with Crippen molar-refractivity contribution in [2.24, 2.45) is 0 Å². The molecule has 0 fully saturated rings. The van der Waals surface area contributed by atoms with Crippen molar-refractivity contribution in [3.05, 3.63) is 0 Å². The zero-order chi connectivity index (χ0) is 14.8. The summed E-state index contributed by atoms with van der Waals surface area (Å²) >= 11 is 0. The fourth-order valence-corrected chi connectivity index (χ4v) is 1.30. The number of hydrogen-bond donors (Lipinski definition) is 2. The first-order chi connectivity index (χ1) is 8.88. The summed E-state index contributed by atoms with van der Waals surface area (Å²) in [5.41, 5.74) is 0. The van der Waals surface area contributed by atoms with Gasteiger partial charge >= 0.3 is 5.97 Å². The second kappa shape index (κ2) is 9.32. The van der Waals surface area contributed by atoms with Gasteiger partial charge in [-0.3, -0.25) is 9.59 Å². The summed E-state index contributed by atoms with van der Waals surface area (Å²) in [6.45, 7) is 3.08. The van der Waals surface area contributed by atoms with Crippen molar-refractivity contribution in [2.75, 3.05) is 20.7 Å². The number of nitrogens with one attached hydrogen (secondary N) is 2. The summed E-state index contributed by atoms with van der Waals surface area (Å²) in [7, 11) is 3.05. The van der Waals surface area contributed by atoms with E-state index in [4.69, 9.17) is 9.47 Å². The van der Waals surface area contributed by atoms with Crippen LogP contribution in [-0.4, -0.2) is 50.7 Å². The molecule has 7 heteroatoms. The van der Waals surface area contributed by atoms with Crippen LogP contribution in [0.3, 0.4) is 0 Å². The van der Waals surface area contributed by atoms with E-state index >= 15 is 0 Å². The van der Waals surface area contributed by atoms with Crippen molar-refractivity contribution in [3.63, 3.8) is 0 Å². The van der Waals surface area contributed by atoms with Gasteiger partial charge in [-0.2, -0.15) is 0 Å².